The van der Waals surface area contributed by atoms with Gasteiger partial charge in [-0.3, -0.25) is 0 Å². The Morgan fingerprint density at radius 3 is 2.57 bits per heavy atom. The van der Waals surface area contributed by atoms with Crippen LogP contribution in [0.25, 0.3) is 0 Å². The first-order chi connectivity index (χ1) is 9.99. The maximum absolute atomic E-state index is 6.29. The number of halogens is 3. The molecule has 2 aromatic carbocycles. The molecule has 0 amide bonds. The highest BCUT2D eigenvalue weighted by Crippen LogP contribution is 2.33. The number of benzene rings is 2. The maximum Gasteiger partial charge on any atom is 0.147 e. The van der Waals surface area contributed by atoms with Crippen molar-refractivity contribution in [2.24, 2.45) is 5.73 Å². The number of rotatable bonds is 5. The van der Waals surface area contributed by atoms with Crippen LogP contribution in [0.5, 0.6) is 11.5 Å². The van der Waals surface area contributed by atoms with Crippen LogP contribution < -0.4 is 10.5 Å². The lowest BCUT2D eigenvalue weighted by molar-refractivity contribution is 0.482. The third-order valence-electron chi connectivity index (χ3n) is 3.15. The summed E-state index contributed by atoms with van der Waals surface area (Å²) in [4.78, 5) is 0. The highest BCUT2D eigenvalue weighted by Gasteiger charge is 2.09. The summed E-state index contributed by atoms with van der Waals surface area (Å²) in [5.41, 5.74) is 6.99. The third-order valence-corrected chi connectivity index (χ3v) is 4.31. The molecule has 112 valence electrons. The van der Waals surface area contributed by atoms with Crippen LogP contribution in [0.2, 0.25) is 10.0 Å². The monoisotopic (exact) mass is 387 g/mol. The van der Waals surface area contributed by atoms with Crippen molar-refractivity contribution in [1.29, 1.82) is 0 Å². The maximum atomic E-state index is 6.29. The van der Waals surface area contributed by atoms with Crippen LogP contribution >= 0.6 is 39.1 Å². The fourth-order valence-electron chi connectivity index (χ4n) is 1.87. The van der Waals surface area contributed by atoms with E-state index in [2.05, 4.69) is 22.9 Å². The largest absolute Gasteiger partial charge is 0.456 e. The fraction of sp³-hybridized carbons (Fsp3) is 0.250. The molecule has 0 saturated heterocycles. The smallest absolute Gasteiger partial charge is 0.147 e. The van der Waals surface area contributed by atoms with Gasteiger partial charge < -0.3 is 10.5 Å². The molecule has 0 saturated carbocycles. The number of hydrogen-bond acceptors (Lipinski definition) is 2. The van der Waals surface area contributed by atoms with E-state index in [9.17, 15) is 0 Å². The van der Waals surface area contributed by atoms with Crippen LogP contribution in [0, 0.1) is 0 Å². The van der Waals surface area contributed by atoms with Gasteiger partial charge in [0.1, 0.15) is 11.5 Å². The highest BCUT2D eigenvalue weighted by molar-refractivity contribution is 9.10. The van der Waals surface area contributed by atoms with Gasteiger partial charge in [-0.05, 0) is 48.7 Å². The molecule has 0 spiro atoms. The summed E-state index contributed by atoms with van der Waals surface area (Å²) in [5, 5.41) is 1.20. The van der Waals surface area contributed by atoms with Gasteiger partial charge in [0, 0.05) is 15.5 Å². The van der Waals surface area contributed by atoms with Crippen molar-refractivity contribution in [3.05, 3.63) is 56.5 Å². The number of nitrogens with two attached hydrogens (primary N) is 1. The Morgan fingerprint density at radius 1 is 1.14 bits per heavy atom. The standard InChI is InChI=1S/C16H16BrCl2NO/c1-2-12(20)7-10-3-5-13(9-15(10)19)21-16-8-11(17)4-6-14(16)18/h3-6,8-9,12H,2,7,20H2,1H3. The van der Waals surface area contributed by atoms with Gasteiger partial charge >= 0.3 is 0 Å². The molecule has 2 N–H and O–H groups in total. The van der Waals surface area contributed by atoms with Crippen LogP contribution in [0.4, 0.5) is 0 Å². The van der Waals surface area contributed by atoms with Crippen LogP contribution in [-0.4, -0.2) is 6.04 Å². The molecule has 0 aliphatic carbocycles. The van der Waals surface area contributed by atoms with Gasteiger partial charge in [0.25, 0.3) is 0 Å². The van der Waals surface area contributed by atoms with Crippen molar-refractivity contribution in [2.45, 2.75) is 25.8 Å². The lowest BCUT2D eigenvalue weighted by Gasteiger charge is -2.12. The molecular weight excluding hydrogens is 373 g/mol. The number of hydrogen-bond donors (Lipinski definition) is 1. The topological polar surface area (TPSA) is 35.2 Å². The van der Waals surface area contributed by atoms with Gasteiger partial charge in [0.15, 0.2) is 0 Å². The predicted octanol–water partition coefficient (Wildman–Crippen LogP) is 5.83. The zero-order chi connectivity index (χ0) is 15.4. The normalized spacial score (nSPS) is 12.2. The molecule has 21 heavy (non-hydrogen) atoms. The molecule has 1 atom stereocenters. The average Bonchev–Trinajstić information content (AvgIpc) is 2.45. The Bertz CT molecular complexity index is 634. The molecule has 0 aliphatic heterocycles. The van der Waals surface area contributed by atoms with Crippen LogP contribution in [-0.2, 0) is 6.42 Å². The van der Waals surface area contributed by atoms with Crippen LogP contribution in [0.15, 0.2) is 40.9 Å². The summed E-state index contributed by atoms with van der Waals surface area (Å²) in [6, 6.07) is 11.2. The molecule has 2 nitrogen and oxygen atoms in total. The highest BCUT2D eigenvalue weighted by atomic mass is 79.9. The zero-order valence-electron chi connectivity index (χ0n) is 11.6. The van der Waals surface area contributed by atoms with E-state index in [1.54, 1.807) is 12.1 Å². The summed E-state index contributed by atoms with van der Waals surface area (Å²) in [7, 11) is 0. The summed E-state index contributed by atoms with van der Waals surface area (Å²) in [6.45, 7) is 2.06. The van der Waals surface area contributed by atoms with E-state index in [4.69, 9.17) is 33.7 Å². The van der Waals surface area contributed by atoms with E-state index in [-0.39, 0.29) is 6.04 Å². The van der Waals surface area contributed by atoms with E-state index in [0.29, 0.717) is 21.5 Å². The predicted molar refractivity (Wildman–Crippen MR) is 92.6 cm³/mol. The van der Waals surface area contributed by atoms with E-state index in [1.165, 1.54) is 0 Å². The summed E-state index contributed by atoms with van der Waals surface area (Å²) in [6.07, 6.45) is 1.68. The van der Waals surface area contributed by atoms with Gasteiger partial charge in [-0.15, -0.1) is 0 Å². The van der Waals surface area contributed by atoms with Gasteiger partial charge in [0.2, 0.25) is 0 Å². The minimum atomic E-state index is 0.119. The molecule has 0 aromatic heterocycles. The number of ether oxygens (including phenoxy) is 1. The second-order valence-electron chi connectivity index (χ2n) is 4.80. The molecule has 0 aliphatic rings. The van der Waals surface area contributed by atoms with Crippen molar-refractivity contribution in [3.63, 3.8) is 0 Å². The first-order valence-corrected chi connectivity index (χ1v) is 8.21. The molecular formula is C16H16BrCl2NO. The van der Waals surface area contributed by atoms with Crippen LogP contribution in [0.1, 0.15) is 18.9 Å². The second kappa shape index (κ2) is 7.50. The Hall–Kier alpha value is -0.740. The van der Waals surface area contributed by atoms with E-state index < -0.39 is 0 Å². The van der Waals surface area contributed by atoms with Crippen molar-refractivity contribution in [2.75, 3.05) is 0 Å². The SMILES string of the molecule is CCC(N)Cc1ccc(Oc2cc(Br)ccc2Cl)cc1Cl. The van der Waals surface area contributed by atoms with Gasteiger partial charge in [0.05, 0.1) is 5.02 Å². The second-order valence-corrected chi connectivity index (χ2v) is 6.53. The van der Waals surface area contributed by atoms with E-state index in [1.807, 2.05) is 24.3 Å². The minimum Gasteiger partial charge on any atom is -0.456 e. The Labute approximate surface area is 143 Å². The lowest BCUT2D eigenvalue weighted by atomic mass is 10.0. The molecule has 0 heterocycles. The summed E-state index contributed by atoms with van der Waals surface area (Å²) in [5.74, 6) is 1.23. The minimum absolute atomic E-state index is 0.119. The van der Waals surface area contributed by atoms with Crippen molar-refractivity contribution < 1.29 is 4.74 Å². The molecule has 0 fully saturated rings. The van der Waals surface area contributed by atoms with Gasteiger partial charge in [-0.2, -0.15) is 0 Å². The lowest BCUT2D eigenvalue weighted by Crippen LogP contribution is -2.21. The van der Waals surface area contributed by atoms with Crippen molar-refractivity contribution in [3.8, 4) is 11.5 Å². The molecule has 2 rings (SSSR count). The fourth-order valence-corrected chi connectivity index (χ4v) is 2.61. The first-order valence-electron chi connectivity index (χ1n) is 6.66. The van der Waals surface area contributed by atoms with E-state index >= 15 is 0 Å². The molecule has 0 radical (unpaired) electrons. The van der Waals surface area contributed by atoms with E-state index in [0.717, 1.165) is 22.9 Å². The Kier molecular flexibility index (Phi) is 5.94. The van der Waals surface area contributed by atoms with Gasteiger partial charge in [-0.1, -0.05) is 52.1 Å². The average molecular weight is 389 g/mol. The van der Waals surface area contributed by atoms with Crippen LogP contribution in [0.3, 0.4) is 0 Å². The Morgan fingerprint density at radius 2 is 1.90 bits per heavy atom. The van der Waals surface area contributed by atoms with Gasteiger partial charge in [-0.25, -0.2) is 0 Å². The summed E-state index contributed by atoms with van der Waals surface area (Å²) < 4.78 is 6.68. The molecule has 2 aromatic rings. The molecule has 1 unspecified atom stereocenters. The zero-order valence-corrected chi connectivity index (χ0v) is 14.7. The van der Waals surface area contributed by atoms with Crippen molar-refractivity contribution >= 4 is 39.1 Å². The Balaban J connectivity index is 2.18. The molecule has 0 bridgehead atoms. The van der Waals surface area contributed by atoms with Crippen molar-refractivity contribution in [1.82, 2.24) is 0 Å². The molecule has 5 heteroatoms. The summed E-state index contributed by atoms with van der Waals surface area (Å²) >= 11 is 15.8. The first kappa shape index (κ1) is 16.6. The third kappa shape index (κ3) is 4.62. The quantitative estimate of drug-likeness (QED) is 0.699.